The lowest BCUT2D eigenvalue weighted by Gasteiger charge is -2.10. The zero-order chi connectivity index (χ0) is 13.3. The third kappa shape index (κ3) is 10.4. The number of allylic oxidation sites excluding steroid dienone is 1. The molecule has 0 N–H and O–H groups in total. The molecular formula is C11H20F2O3S. The minimum absolute atomic E-state index is 0.663. The summed E-state index contributed by atoms with van der Waals surface area (Å²) < 4.78 is 50.6. The van der Waals surface area contributed by atoms with Gasteiger partial charge >= 0.3 is 0 Å². The van der Waals surface area contributed by atoms with Crippen LogP contribution in [0.15, 0.2) is 12.2 Å². The molecule has 0 rings (SSSR count). The van der Waals surface area contributed by atoms with Crippen LogP contribution < -0.4 is 0 Å². The summed E-state index contributed by atoms with van der Waals surface area (Å²) in [6.45, 7) is 2.09. The van der Waals surface area contributed by atoms with Crippen LogP contribution in [0.1, 0.15) is 39.0 Å². The summed E-state index contributed by atoms with van der Waals surface area (Å²) in [5.41, 5.74) is 0. The maximum atomic E-state index is 12.4. The van der Waals surface area contributed by atoms with Gasteiger partial charge in [0.25, 0.3) is 16.5 Å². The first-order valence-corrected chi connectivity index (χ1v) is 7.51. The Hall–Kier alpha value is -0.490. The van der Waals surface area contributed by atoms with Gasteiger partial charge in [-0.15, -0.1) is 0 Å². The van der Waals surface area contributed by atoms with E-state index in [4.69, 9.17) is 0 Å². The fourth-order valence-electron chi connectivity index (χ4n) is 1.28. The summed E-state index contributed by atoms with van der Waals surface area (Å²) in [5, 5.41) is 0. The van der Waals surface area contributed by atoms with Crippen molar-refractivity contribution < 1.29 is 21.4 Å². The second-order valence-electron chi connectivity index (χ2n) is 3.88. The van der Waals surface area contributed by atoms with Gasteiger partial charge in [0, 0.05) is 0 Å². The summed E-state index contributed by atoms with van der Waals surface area (Å²) in [4.78, 5) is 0. The van der Waals surface area contributed by atoms with Crippen molar-refractivity contribution in [2.24, 2.45) is 0 Å². The zero-order valence-corrected chi connectivity index (χ0v) is 11.1. The van der Waals surface area contributed by atoms with Crippen LogP contribution in [0.3, 0.4) is 0 Å². The summed E-state index contributed by atoms with van der Waals surface area (Å²) in [6, 6.07) is 0. The minimum Gasteiger partial charge on any atom is -0.257 e. The Morgan fingerprint density at radius 2 is 1.88 bits per heavy atom. The molecule has 0 saturated heterocycles. The summed E-state index contributed by atoms with van der Waals surface area (Å²) in [6.07, 6.45) is 3.79. The van der Waals surface area contributed by atoms with Gasteiger partial charge in [-0.2, -0.15) is 8.42 Å². The van der Waals surface area contributed by atoms with Gasteiger partial charge in [0.05, 0.1) is 6.26 Å². The Balaban J connectivity index is 4.04. The second-order valence-corrected chi connectivity index (χ2v) is 5.48. The van der Waals surface area contributed by atoms with Crippen LogP contribution in [-0.2, 0) is 14.3 Å². The van der Waals surface area contributed by atoms with Gasteiger partial charge < -0.3 is 0 Å². The number of rotatable bonds is 9. The van der Waals surface area contributed by atoms with Gasteiger partial charge in [0.15, 0.2) is 6.10 Å². The van der Waals surface area contributed by atoms with Crippen LogP contribution in [0.2, 0.25) is 0 Å². The predicted molar refractivity (Wildman–Crippen MR) is 63.6 cm³/mol. The fourth-order valence-corrected chi connectivity index (χ4v) is 1.83. The molecule has 6 heteroatoms. The summed E-state index contributed by atoms with van der Waals surface area (Å²) in [5.74, 6) is 0. The van der Waals surface area contributed by atoms with Crippen molar-refractivity contribution in [2.75, 3.05) is 6.26 Å². The first-order valence-electron chi connectivity index (χ1n) is 5.70. The molecule has 0 aromatic carbocycles. The van der Waals surface area contributed by atoms with Crippen molar-refractivity contribution in [3.8, 4) is 0 Å². The van der Waals surface area contributed by atoms with E-state index in [0.29, 0.717) is 6.42 Å². The molecule has 0 saturated carbocycles. The number of unbranched alkanes of at least 4 members (excludes halogenated alkanes) is 4. The minimum atomic E-state index is -3.85. The molecule has 0 aromatic rings. The van der Waals surface area contributed by atoms with Crippen molar-refractivity contribution in [2.45, 2.75) is 51.6 Å². The average Bonchev–Trinajstić information content (AvgIpc) is 2.19. The van der Waals surface area contributed by atoms with Crippen molar-refractivity contribution in [3.05, 3.63) is 12.2 Å². The van der Waals surface area contributed by atoms with Crippen molar-refractivity contribution >= 4 is 10.1 Å². The molecule has 0 bridgehead atoms. The molecule has 0 aliphatic carbocycles. The second kappa shape index (κ2) is 8.58. The Morgan fingerprint density at radius 3 is 2.35 bits per heavy atom. The first kappa shape index (κ1) is 16.5. The van der Waals surface area contributed by atoms with Crippen LogP contribution >= 0.6 is 0 Å². The molecule has 0 amide bonds. The molecule has 0 aromatic heterocycles. The molecule has 102 valence electrons. The fraction of sp³-hybridized carbons (Fsp3) is 0.818. The number of hydrogen-bond donors (Lipinski definition) is 0. The van der Waals surface area contributed by atoms with E-state index >= 15 is 0 Å². The number of alkyl halides is 2. The zero-order valence-electron chi connectivity index (χ0n) is 10.2. The highest BCUT2D eigenvalue weighted by Crippen LogP contribution is 2.11. The Labute approximate surface area is 102 Å². The van der Waals surface area contributed by atoms with Gasteiger partial charge in [-0.05, 0) is 12.8 Å². The van der Waals surface area contributed by atoms with Crippen molar-refractivity contribution in [1.29, 1.82) is 0 Å². The monoisotopic (exact) mass is 270 g/mol. The molecule has 17 heavy (non-hydrogen) atoms. The predicted octanol–water partition coefficient (Wildman–Crippen LogP) is 3.12. The summed E-state index contributed by atoms with van der Waals surface area (Å²) in [7, 11) is -3.85. The highest BCUT2D eigenvalue weighted by molar-refractivity contribution is 7.86. The van der Waals surface area contributed by atoms with E-state index in [1.807, 2.05) is 0 Å². The van der Waals surface area contributed by atoms with Crippen LogP contribution in [0.4, 0.5) is 8.78 Å². The van der Waals surface area contributed by atoms with E-state index in [2.05, 4.69) is 11.1 Å². The normalized spacial score (nSPS) is 14.6. The molecule has 3 nitrogen and oxygen atoms in total. The molecule has 1 atom stereocenters. The van der Waals surface area contributed by atoms with E-state index in [-0.39, 0.29) is 0 Å². The van der Waals surface area contributed by atoms with Gasteiger partial charge in [-0.1, -0.05) is 38.3 Å². The molecule has 0 fully saturated rings. The Morgan fingerprint density at radius 1 is 1.24 bits per heavy atom. The van der Waals surface area contributed by atoms with Crippen molar-refractivity contribution in [3.63, 3.8) is 0 Å². The van der Waals surface area contributed by atoms with Gasteiger partial charge in [-0.25, -0.2) is 8.78 Å². The molecule has 0 heterocycles. The van der Waals surface area contributed by atoms with Crippen molar-refractivity contribution in [1.82, 2.24) is 0 Å². The molecule has 0 spiro atoms. The maximum Gasteiger partial charge on any atom is 0.269 e. The molecule has 0 radical (unpaired) electrons. The smallest absolute Gasteiger partial charge is 0.257 e. The Kier molecular flexibility index (Phi) is 8.33. The van der Waals surface area contributed by atoms with E-state index < -0.39 is 22.6 Å². The van der Waals surface area contributed by atoms with Gasteiger partial charge in [0.2, 0.25) is 0 Å². The van der Waals surface area contributed by atoms with E-state index in [9.17, 15) is 17.2 Å². The highest BCUT2D eigenvalue weighted by atomic mass is 32.2. The number of halogens is 2. The third-order valence-corrected chi connectivity index (χ3v) is 2.66. The van der Waals surface area contributed by atoms with Gasteiger partial charge in [0.1, 0.15) is 0 Å². The maximum absolute atomic E-state index is 12.4. The Bertz CT molecular complexity index is 313. The molecular weight excluding hydrogens is 250 g/mol. The van der Waals surface area contributed by atoms with E-state index in [1.165, 1.54) is 0 Å². The van der Waals surface area contributed by atoms with Gasteiger partial charge in [-0.3, -0.25) is 4.18 Å². The number of hydrogen-bond acceptors (Lipinski definition) is 3. The quantitative estimate of drug-likeness (QED) is 0.367. The lowest BCUT2D eigenvalue weighted by molar-refractivity contribution is 0.0426. The third-order valence-electron chi connectivity index (χ3n) is 2.08. The SMILES string of the molecule is CCCCCC/C=C/C(OS(C)(=O)=O)C(F)F. The average molecular weight is 270 g/mol. The standard InChI is InChI=1S/C11H20F2O3S/c1-3-4-5-6-7-8-9-10(11(12)13)16-17(2,14)15/h8-11H,3-7H2,1-2H3/b9-8+. The molecule has 1 unspecified atom stereocenters. The topological polar surface area (TPSA) is 43.4 Å². The lowest BCUT2D eigenvalue weighted by atomic mass is 10.1. The molecule has 0 aliphatic rings. The van der Waals surface area contributed by atoms with Crippen LogP contribution in [0.5, 0.6) is 0 Å². The van der Waals surface area contributed by atoms with Crippen LogP contribution in [-0.4, -0.2) is 27.2 Å². The molecule has 0 aliphatic heterocycles. The first-order chi connectivity index (χ1) is 7.87. The highest BCUT2D eigenvalue weighted by Gasteiger charge is 2.22. The largest absolute Gasteiger partial charge is 0.269 e. The summed E-state index contributed by atoms with van der Waals surface area (Å²) >= 11 is 0. The van der Waals surface area contributed by atoms with Crippen LogP contribution in [0.25, 0.3) is 0 Å². The van der Waals surface area contributed by atoms with E-state index in [0.717, 1.165) is 38.0 Å². The van der Waals surface area contributed by atoms with E-state index in [1.54, 1.807) is 6.08 Å². The lowest BCUT2D eigenvalue weighted by Crippen LogP contribution is -2.22. The van der Waals surface area contributed by atoms with Crippen LogP contribution in [0, 0.1) is 0 Å².